The highest BCUT2D eigenvalue weighted by atomic mass is 35.5. The number of halogens is 1. The quantitative estimate of drug-likeness (QED) is 0.498. The minimum atomic E-state index is -0.739. The van der Waals surface area contributed by atoms with Crippen molar-refractivity contribution in [2.45, 2.75) is 65.6 Å². The van der Waals surface area contributed by atoms with Crippen molar-refractivity contribution < 1.29 is 19.2 Å². The molecule has 1 aromatic heterocycles. The van der Waals surface area contributed by atoms with Crippen molar-refractivity contribution in [3.05, 3.63) is 52.6 Å². The minimum Gasteiger partial charge on any atom is -0.442 e. The lowest BCUT2D eigenvalue weighted by atomic mass is 10.0. The lowest BCUT2D eigenvalue weighted by molar-refractivity contribution is -0.138. The predicted octanol–water partition coefficient (Wildman–Crippen LogP) is 4.54. The van der Waals surface area contributed by atoms with Crippen LogP contribution in [0.25, 0.3) is 0 Å². The molecule has 0 spiro atoms. The number of hydroxylamine groups is 1. The van der Waals surface area contributed by atoms with Crippen molar-refractivity contribution in [3.8, 4) is 0 Å². The molecule has 10 heteroatoms. The molecule has 0 saturated carbocycles. The van der Waals surface area contributed by atoms with Crippen LogP contribution in [0.5, 0.6) is 0 Å². The highest BCUT2D eigenvalue weighted by Crippen LogP contribution is 2.25. The summed E-state index contributed by atoms with van der Waals surface area (Å²) in [7, 11) is 1.78. The summed E-state index contributed by atoms with van der Waals surface area (Å²) in [6, 6.07) is 7.99. The van der Waals surface area contributed by atoms with Gasteiger partial charge in [-0.1, -0.05) is 23.7 Å². The van der Waals surface area contributed by atoms with E-state index in [0.29, 0.717) is 17.1 Å². The van der Waals surface area contributed by atoms with E-state index in [1.807, 2.05) is 24.3 Å². The summed E-state index contributed by atoms with van der Waals surface area (Å²) in [5.74, 6) is -0.216. The largest absolute Gasteiger partial charge is 0.442 e. The summed E-state index contributed by atoms with van der Waals surface area (Å²) in [6.45, 7) is 11.1. The van der Waals surface area contributed by atoms with Gasteiger partial charge in [-0.15, -0.1) is 5.06 Å². The molecule has 36 heavy (non-hydrogen) atoms. The zero-order valence-electron chi connectivity index (χ0n) is 22.0. The molecule has 1 saturated heterocycles. The maximum Gasteiger partial charge on any atom is 0.439 e. The number of benzene rings is 1. The van der Waals surface area contributed by atoms with E-state index < -0.39 is 11.7 Å². The van der Waals surface area contributed by atoms with Crippen LogP contribution < -0.4 is 5.06 Å². The smallest absolute Gasteiger partial charge is 0.439 e. The van der Waals surface area contributed by atoms with Gasteiger partial charge in [0.15, 0.2) is 6.61 Å². The summed E-state index contributed by atoms with van der Waals surface area (Å²) in [5, 5.41) is 1.73. The standard InChI is InChI=1S/C26H36ClN5O4/c1-18-24(19(2)29-17-28-18)32(25(34)36-26(3,4)5)35-16-23(33)30(6)22-11-13-31(14-12-22)15-20-7-9-21(27)10-8-20/h7-10,17,22H,11-16H2,1-6H3. The lowest BCUT2D eigenvalue weighted by Gasteiger charge is -2.37. The van der Waals surface area contributed by atoms with E-state index in [9.17, 15) is 9.59 Å². The second kappa shape index (κ2) is 12.0. The number of rotatable bonds is 7. The Morgan fingerprint density at radius 2 is 1.67 bits per heavy atom. The summed E-state index contributed by atoms with van der Waals surface area (Å²) in [5.41, 5.74) is 1.94. The molecule has 2 amide bonds. The van der Waals surface area contributed by atoms with Gasteiger partial charge < -0.3 is 9.64 Å². The number of amides is 2. The second-order valence-electron chi connectivity index (χ2n) is 10.1. The molecule has 1 fully saturated rings. The minimum absolute atomic E-state index is 0.0982. The Balaban J connectivity index is 1.59. The second-order valence-corrected chi connectivity index (χ2v) is 10.5. The van der Waals surface area contributed by atoms with Crippen LogP contribution >= 0.6 is 11.6 Å². The maximum absolute atomic E-state index is 13.0. The first-order valence-corrected chi connectivity index (χ1v) is 12.5. The molecule has 0 radical (unpaired) electrons. The number of hydrogen-bond acceptors (Lipinski definition) is 7. The van der Waals surface area contributed by atoms with E-state index in [-0.39, 0.29) is 18.6 Å². The number of anilines is 1. The summed E-state index contributed by atoms with van der Waals surface area (Å²) < 4.78 is 5.51. The van der Waals surface area contributed by atoms with Crippen LogP contribution in [-0.2, 0) is 20.9 Å². The number of carbonyl (C=O) groups is 2. The number of carbonyl (C=O) groups excluding carboxylic acids is 2. The molecule has 196 valence electrons. The van der Waals surface area contributed by atoms with Crippen molar-refractivity contribution in [1.82, 2.24) is 19.8 Å². The van der Waals surface area contributed by atoms with Gasteiger partial charge in [0.2, 0.25) is 0 Å². The van der Waals surface area contributed by atoms with Gasteiger partial charge in [0.25, 0.3) is 5.91 Å². The molecule has 1 aliphatic heterocycles. The molecule has 1 aromatic carbocycles. The SMILES string of the molecule is Cc1ncnc(C)c1N(OCC(=O)N(C)C1CCN(Cc2ccc(Cl)cc2)CC1)C(=O)OC(C)(C)C. The van der Waals surface area contributed by atoms with Gasteiger partial charge in [0, 0.05) is 37.7 Å². The van der Waals surface area contributed by atoms with Gasteiger partial charge in [-0.3, -0.25) is 14.5 Å². The highest BCUT2D eigenvalue weighted by molar-refractivity contribution is 6.30. The first-order chi connectivity index (χ1) is 16.9. The molecular weight excluding hydrogens is 482 g/mol. The summed E-state index contributed by atoms with van der Waals surface area (Å²) in [4.78, 5) is 44.1. The molecule has 2 heterocycles. The van der Waals surface area contributed by atoms with Crippen LogP contribution in [0.2, 0.25) is 5.02 Å². The molecular formula is C26H36ClN5O4. The molecule has 1 aliphatic rings. The predicted molar refractivity (Wildman–Crippen MR) is 139 cm³/mol. The number of nitrogens with zero attached hydrogens (tertiary/aromatic N) is 5. The molecule has 0 aliphatic carbocycles. The molecule has 2 aromatic rings. The van der Waals surface area contributed by atoms with Crippen molar-refractivity contribution in [3.63, 3.8) is 0 Å². The van der Waals surface area contributed by atoms with Gasteiger partial charge in [-0.2, -0.15) is 0 Å². The fraction of sp³-hybridized carbons (Fsp3) is 0.538. The van der Waals surface area contributed by atoms with Crippen LogP contribution in [0, 0.1) is 13.8 Å². The van der Waals surface area contributed by atoms with E-state index in [0.717, 1.165) is 42.6 Å². The Morgan fingerprint density at radius 1 is 1.08 bits per heavy atom. The normalized spacial score (nSPS) is 15.0. The number of aryl methyl sites for hydroxylation is 2. The first kappa shape index (κ1) is 27.8. The van der Waals surface area contributed by atoms with Crippen LogP contribution in [0.1, 0.15) is 50.6 Å². The van der Waals surface area contributed by atoms with E-state index in [1.165, 1.54) is 11.9 Å². The number of piperidine rings is 1. The van der Waals surface area contributed by atoms with Gasteiger partial charge >= 0.3 is 6.09 Å². The maximum atomic E-state index is 13.0. The third-order valence-electron chi connectivity index (χ3n) is 6.09. The third-order valence-corrected chi connectivity index (χ3v) is 6.34. The van der Waals surface area contributed by atoms with Crippen molar-refractivity contribution in [2.24, 2.45) is 0 Å². The Kier molecular flexibility index (Phi) is 9.27. The number of likely N-dealkylation sites (N-methyl/N-ethyl adjacent to an activating group) is 1. The molecule has 0 N–H and O–H groups in total. The van der Waals surface area contributed by atoms with Crippen molar-refractivity contribution in [1.29, 1.82) is 0 Å². The molecule has 9 nitrogen and oxygen atoms in total. The molecule has 0 atom stereocenters. The fourth-order valence-corrected chi connectivity index (χ4v) is 4.26. The van der Waals surface area contributed by atoms with E-state index in [4.69, 9.17) is 21.2 Å². The Hall–Kier alpha value is -2.75. The Morgan fingerprint density at radius 3 is 2.22 bits per heavy atom. The fourth-order valence-electron chi connectivity index (χ4n) is 4.13. The van der Waals surface area contributed by atoms with E-state index in [1.54, 1.807) is 46.6 Å². The van der Waals surface area contributed by atoms with Crippen LogP contribution in [-0.4, -0.2) is 70.2 Å². The van der Waals surface area contributed by atoms with Gasteiger partial charge in [0.05, 0.1) is 11.4 Å². The monoisotopic (exact) mass is 517 g/mol. The van der Waals surface area contributed by atoms with Gasteiger partial charge in [-0.25, -0.2) is 14.8 Å². The number of likely N-dealkylation sites (tertiary alicyclic amines) is 1. The first-order valence-electron chi connectivity index (χ1n) is 12.1. The van der Waals surface area contributed by atoms with Crippen LogP contribution in [0.4, 0.5) is 10.5 Å². The summed E-state index contributed by atoms with van der Waals surface area (Å²) in [6.07, 6.45) is 2.40. The third kappa shape index (κ3) is 7.62. The zero-order chi connectivity index (χ0) is 26.5. The molecule has 0 unspecified atom stereocenters. The van der Waals surface area contributed by atoms with E-state index in [2.05, 4.69) is 14.9 Å². The van der Waals surface area contributed by atoms with E-state index >= 15 is 0 Å². The summed E-state index contributed by atoms with van der Waals surface area (Å²) >= 11 is 5.98. The Bertz CT molecular complexity index is 1030. The topological polar surface area (TPSA) is 88.1 Å². The lowest BCUT2D eigenvalue weighted by Crippen LogP contribution is -2.47. The van der Waals surface area contributed by atoms with Crippen molar-refractivity contribution >= 4 is 29.3 Å². The van der Waals surface area contributed by atoms with Crippen LogP contribution in [0.3, 0.4) is 0 Å². The average Bonchev–Trinajstić information content (AvgIpc) is 2.81. The Labute approximate surface area is 218 Å². The van der Waals surface area contributed by atoms with Gasteiger partial charge in [0.1, 0.15) is 17.6 Å². The van der Waals surface area contributed by atoms with Crippen molar-refractivity contribution in [2.75, 3.05) is 31.8 Å². The number of hydrogen-bond donors (Lipinski definition) is 0. The zero-order valence-corrected chi connectivity index (χ0v) is 22.7. The molecule has 0 bridgehead atoms. The molecule has 3 rings (SSSR count). The van der Waals surface area contributed by atoms with Crippen LogP contribution in [0.15, 0.2) is 30.6 Å². The average molecular weight is 518 g/mol. The number of aromatic nitrogens is 2. The number of ether oxygens (including phenoxy) is 1. The highest BCUT2D eigenvalue weighted by Gasteiger charge is 2.30. The van der Waals surface area contributed by atoms with Gasteiger partial charge in [-0.05, 0) is 65.2 Å².